The number of rotatable bonds is 14. The van der Waals surface area contributed by atoms with Crippen molar-refractivity contribution in [2.24, 2.45) is 17.8 Å². The van der Waals surface area contributed by atoms with E-state index in [4.69, 9.17) is 4.74 Å². The van der Waals surface area contributed by atoms with Gasteiger partial charge in [-0.1, -0.05) is 98.3 Å². The van der Waals surface area contributed by atoms with Crippen LogP contribution >= 0.6 is 0 Å². The Kier molecular flexibility index (Phi) is 13.1. The maximum absolute atomic E-state index is 12.2. The smallest absolute Gasteiger partial charge is 0.306 e. The van der Waals surface area contributed by atoms with Crippen molar-refractivity contribution in [1.82, 2.24) is 0 Å². The van der Waals surface area contributed by atoms with Gasteiger partial charge in [0.15, 0.2) is 0 Å². The molecular weight excluding hydrogens is 320 g/mol. The zero-order valence-electron chi connectivity index (χ0n) is 18.2. The second kappa shape index (κ2) is 14.5. The first-order valence-electron chi connectivity index (χ1n) is 11.7. The molecule has 0 radical (unpaired) electrons. The van der Waals surface area contributed by atoms with E-state index >= 15 is 0 Å². The molecule has 1 aliphatic rings. The lowest BCUT2D eigenvalue weighted by Gasteiger charge is -2.36. The molecule has 0 N–H and O–H groups in total. The van der Waals surface area contributed by atoms with Gasteiger partial charge < -0.3 is 4.74 Å². The first-order chi connectivity index (χ1) is 12.5. The van der Waals surface area contributed by atoms with Crippen LogP contribution in [-0.2, 0) is 9.53 Å². The Morgan fingerprint density at radius 3 is 1.96 bits per heavy atom. The van der Waals surface area contributed by atoms with Crippen LogP contribution in [0, 0.1) is 17.8 Å². The second-order valence-electron chi connectivity index (χ2n) is 9.14. The van der Waals surface area contributed by atoms with Gasteiger partial charge in [0.05, 0.1) is 0 Å². The average Bonchev–Trinajstić information content (AvgIpc) is 2.59. The Balaban J connectivity index is 2.02. The van der Waals surface area contributed by atoms with E-state index in [-0.39, 0.29) is 12.1 Å². The summed E-state index contributed by atoms with van der Waals surface area (Å²) in [6, 6.07) is 0. The number of unbranched alkanes of at least 4 members (excludes halogenated alkanes) is 10. The summed E-state index contributed by atoms with van der Waals surface area (Å²) >= 11 is 0. The van der Waals surface area contributed by atoms with E-state index in [1.54, 1.807) is 0 Å². The van der Waals surface area contributed by atoms with E-state index in [0.29, 0.717) is 24.2 Å². The molecule has 26 heavy (non-hydrogen) atoms. The molecule has 2 nitrogen and oxygen atoms in total. The Labute approximate surface area is 163 Å². The van der Waals surface area contributed by atoms with Crippen LogP contribution in [0.2, 0.25) is 0 Å². The monoisotopic (exact) mass is 366 g/mol. The number of carbonyl (C=O) groups is 1. The summed E-state index contributed by atoms with van der Waals surface area (Å²) in [5, 5.41) is 0. The Morgan fingerprint density at radius 2 is 1.42 bits per heavy atom. The number of esters is 1. The SMILES string of the molecule is CCCCCCCCCCCCCC(=O)OC1CC(C)CCC1C(C)C. The summed E-state index contributed by atoms with van der Waals surface area (Å²) in [7, 11) is 0. The minimum absolute atomic E-state index is 0.0469. The van der Waals surface area contributed by atoms with Gasteiger partial charge in [-0.2, -0.15) is 0 Å². The lowest BCUT2D eigenvalue weighted by atomic mass is 9.75. The lowest BCUT2D eigenvalue weighted by molar-refractivity contribution is -0.156. The van der Waals surface area contributed by atoms with E-state index in [1.807, 2.05) is 0 Å². The zero-order chi connectivity index (χ0) is 19.2. The molecule has 3 unspecified atom stereocenters. The van der Waals surface area contributed by atoms with Crippen LogP contribution in [-0.4, -0.2) is 12.1 Å². The third kappa shape index (κ3) is 10.6. The average molecular weight is 367 g/mol. The van der Waals surface area contributed by atoms with Crippen molar-refractivity contribution in [1.29, 1.82) is 0 Å². The maximum atomic E-state index is 12.2. The molecule has 0 spiro atoms. The van der Waals surface area contributed by atoms with E-state index in [2.05, 4.69) is 27.7 Å². The molecule has 0 aromatic rings. The fraction of sp³-hybridized carbons (Fsp3) is 0.958. The van der Waals surface area contributed by atoms with Crippen molar-refractivity contribution in [3.8, 4) is 0 Å². The number of hydrogen-bond acceptors (Lipinski definition) is 2. The molecule has 0 amide bonds. The van der Waals surface area contributed by atoms with E-state index in [1.165, 1.54) is 77.0 Å². The third-order valence-corrected chi connectivity index (χ3v) is 6.23. The van der Waals surface area contributed by atoms with Crippen molar-refractivity contribution in [3.63, 3.8) is 0 Å². The molecule has 3 atom stereocenters. The first-order valence-corrected chi connectivity index (χ1v) is 11.7. The highest BCUT2D eigenvalue weighted by Crippen LogP contribution is 2.35. The molecule has 1 rings (SSSR count). The van der Waals surface area contributed by atoms with Gasteiger partial charge in [-0.05, 0) is 37.0 Å². The summed E-state index contributed by atoms with van der Waals surface area (Å²) in [4.78, 5) is 12.2. The number of ether oxygens (including phenoxy) is 1. The Hall–Kier alpha value is -0.530. The van der Waals surface area contributed by atoms with Crippen LogP contribution < -0.4 is 0 Å². The molecule has 1 saturated carbocycles. The largest absolute Gasteiger partial charge is 0.462 e. The van der Waals surface area contributed by atoms with Crippen LogP contribution in [0.3, 0.4) is 0 Å². The van der Waals surface area contributed by atoms with Crippen LogP contribution in [0.4, 0.5) is 0 Å². The normalized spacial score (nSPS) is 23.3. The predicted octanol–water partition coefficient (Wildman–Crippen LogP) is 7.69. The van der Waals surface area contributed by atoms with Crippen LogP contribution in [0.1, 0.15) is 124 Å². The summed E-state index contributed by atoms with van der Waals surface area (Å²) in [6.07, 6.45) is 18.9. The summed E-state index contributed by atoms with van der Waals surface area (Å²) < 4.78 is 5.89. The van der Waals surface area contributed by atoms with Gasteiger partial charge in [0.1, 0.15) is 6.10 Å². The number of carbonyl (C=O) groups excluding carboxylic acids is 1. The van der Waals surface area contributed by atoms with Crippen LogP contribution in [0.5, 0.6) is 0 Å². The molecule has 0 aromatic carbocycles. The standard InChI is InChI=1S/C24H46O2/c1-5-6-7-8-9-10-11-12-13-14-15-16-24(25)26-23-19-21(4)17-18-22(23)20(2)3/h20-23H,5-19H2,1-4H3. The summed E-state index contributed by atoms with van der Waals surface area (Å²) in [6.45, 7) is 9.10. The highest BCUT2D eigenvalue weighted by atomic mass is 16.5. The van der Waals surface area contributed by atoms with Crippen LogP contribution in [0.25, 0.3) is 0 Å². The predicted molar refractivity (Wildman–Crippen MR) is 112 cm³/mol. The van der Waals surface area contributed by atoms with Gasteiger partial charge in [-0.15, -0.1) is 0 Å². The van der Waals surface area contributed by atoms with Crippen molar-refractivity contribution in [2.75, 3.05) is 0 Å². The molecular formula is C24H46O2. The quantitative estimate of drug-likeness (QED) is 0.232. The second-order valence-corrected chi connectivity index (χ2v) is 9.14. The molecule has 0 bridgehead atoms. The van der Waals surface area contributed by atoms with E-state index in [0.717, 1.165) is 12.8 Å². The minimum atomic E-state index is 0.0469. The molecule has 1 aliphatic carbocycles. The van der Waals surface area contributed by atoms with E-state index in [9.17, 15) is 4.79 Å². The van der Waals surface area contributed by atoms with Gasteiger partial charge in [-0.25, -0.2) is 0 Å². The van der Waals surface area contributed by atoms with Gasteiger partial charge in [0.25, 0.3) is 0 Å². The molecule has 0 aliphatic heterocycles. The van der Waals surface area contributed by atoms with Gasteiger partial charge in [0, 0.05) is 6.42 Å². The molecule has 0 aromatic heterocycles. The van der Waals surface area contributed by atoms with Crippen molar-refractivity contribution >= 4 is 5.97 Å². The highest BCUT2D eigenvalue weighted by molar-refractivity contribution is 5.69. The lowest BCUT2D eigenvalue weighted by Crippen LogP contribution is -2.35. The maximum Gasteiger partial charge on any atom is 0.306 e. The molecule has 0 heterocycles. The van der Waals surface area contributed by atoms with Gasteiger partial charge in [0.2, 0.25) is 0 Å². The third-order valence-electron chi connectivity index (χ3n) is 6.23. The fourth-order valence-electron chi connectivity index (χ4n) is 4.41. The summed E-state index contributed by atoms with van der Waals surface area (Å²) in [5.74, 6) is 1.92. The topological polar surface area (TPSA) is 26.3 Å². The van der Waals surface area contributed by atoms with Gasteiger partial charge in [-0.3, -0.25) is 4.79 Å². The van der Waals surface area contributed by atoms with Crippen molar-refractivity contribution in [2.45, 2.75) is 130 Å². The zero-order valence-corrected chi connectivity index (χ0v) is 18.2. The first kappa shape index (κ1) is 23.5. The minimum Gasteiger partial charge on any atom is -0.462 e. The van der Waals surface area contributed by atoms with Crippen LogP contribution in [0.15, 0.2) is 0 Å². The molecule has 2 heteroatoms. The molecule has 1 fully saturated rings. The molecule has 0 saturated heterocycles. The van der Waals surface area contributed by atoms with Crippen molar-refractivity contribution in [3.05, 3.63) is 0 Å². The van der Waals surface area contributed by atoms with Gasteiger partial charge >= 0.3 is 5.97 Å². The Bertz CT molecular complexity index is 350. The highest BCUT2D eigenvalue weighted by Gasteiger charge is 2.33. The Morgan fingerprint density at radius 1 is 0.885 bits per heavy atom. The fourth-order valence-corrected chi connectivity index (χ4v) is 4.41. The molecule has 154 valence electrons. The van der Waals surface area contributed by atoms with E-state index < -0.39 is 0 Å². The number of hydrogen-bond donors (Lipinski definition) is 0. The summed E-state index contributed by atoms with van der Waals surface area (Å²) in [5.41, 5.74) is 0. The van der Waals surface area contributed by atoms with Crippen molar-refractivity contribution < 1.29 is 9.53 Å².